The van der Waals surface area contributed by atoms with Crippen molar-refractivity contribution >= 4 is 17.3 Å². The van der Waals surface area contributed by atoms with E-state index in [2.05, 4.69) is 5.10 Å². The Morgan fingerprint density at radius 3 is 2.60 bits per heavy atom. The van der Waals surface area contributed by atoms with Crippen LogP contribution in [0, 0.1) is 5.95 Å². The number of hydrogen-bond donors (Lipinski definition) is 3. The highest BCUT2D eigenvalue weighted by molar-refractivity contribution is 6.29. The van der Waals surface area contributed by atoms with Crippen molar-refractivity contribution in [3.63, 3.8) is 0 Å². The Hall–Kier alpha value is -1.93. The molecule has 0 radical (unpaired) electrons. The number of nitrogens with two attached hydrogens (primary N) is 3. The van der Waals surface area contributed by atoms with Crippen LogP contribution in [0.5, 0.6) is 0 Å². The Morgan fingerprint density at radius 2 is 2.20 bits per heavy atom. The van der Waals surface area contributed by atoms with Gasteiger partial charge in [0.05, 0.1) is 25.1 Å². The van der Waals surface area contributed by atoms with Crippen LogP contribution in [0.4, 0.5) is 10.1 Å². The molecule has 0 aromatic carbocycles. The van der Waals surface area contributed by atoms with Crippen LogP contribution in [0.2, 0.25) is 0 Å². The highest BCUT2D eigenvalue weighted by Crippen LogP contribution is 2.24. The van der Waals surface area contributed by atoms with Gasteiger partial charge in [-0.2, -0.15) is 4.39 Å². The molecular formula is C11H17ClFN5O2. The van der Waals surface area contributed by atoms with E-state index in [0.29, 0.717) is 5.57 Å². The minimum atomic E-state index is -0.788. The predicted molar refractivity (Wildman–Crippen MR) is 73.9 cm³/mol. The number of aromatic nitrogens is 2. The molecule has 0 amide bonds. The molecule has 9 heteroatoms. The topological polar surface area (TPSA) is 114 Å². The molecule has 0 fully saturated rings. The van der Waals surface area contributed by atoms with Crippen LogP contribution in [0.1, 0.15) is 6.04 Å². The molecule has 1 aromatic heterocycles. The molecule has 7 nitrogen and oxygen atoms in total. The Kier molecular flexibility index (Phi) is 5.66. The minimum absolute atomic E-state index is 0.0123. The van der Waals surface area contributed by atoms with E-state index in [1.165, 1.54) is 31.2 Å². The molecule has 1 heterocycles. The van der Waals surface area contributed by atoms with Crippen LogP contribution in [0.15, 0.2) is 28.9 Å². The van der Waals surface area contributed by atoms with Gasteiger partial charge in [-0.15, -0.1) is 5.10 Å². The zero-order valence-corrected chi connectivity index (χ0v) is 11.9. The second-order valence-electron chi connectivity index (χ2n) is 3.88. The fourth-order valence-corrected chi connectivity index (χ4v) is 1.73. The van der Waals surface area contributed by atoms with E-state index < -0.39 is 12.0 Å². The number of methoxy groups -OCH3 is 2. The summed E-state index contributed by atoms with van der Waals surface area (Å²) in [7, 11) is 2.86. The molecule has 0 aliphatic carbocycles. The molecule has 0 saturated heterocycles. The molecule has 6 N–H and O–H groups in total. The standard InChI is InChI=1S/C11H17ClFN5O2/c1-19-5-8(18-4-7(14)10(13)17-18)6(3-9(12)15)11(16)20-2/h3-4,8H,5,14-16H2,1-2H3/b9-3-,11-6-. The Morgan fingerprint density at radius 1 is 1.55 bits per heavy atom. The lowest BCUT2D eigenvalue weighted by Crippen LogP contribution is -2.21. The number of rotatable bonds is 6. The smallest absolute Gasteiger partial charge is 0.255 e. The average Bonchev–Trinajstić information content (AvgIpc) is 2.72. The van der Waals surface area contributed by atoms with Gasteiger partial charge in [-0.25, -0.2) is 0 Å². The van der Waals surface area contributed by atoms with Gasteiger partial charge >= 0.3 is 0 Å². The third kappa shape index (κ3) is 3.78. The molecule has 1 aromatic rings. The second kappa shape index (κ2) is 7.01. The molecule has 0 spiro atoms. The Bertz CT molecular complexity index is 505. The summed E-state index contributed by atoms with van der Waals surface area (Å²) in [4.78, 5) is 0. The molecule has 1 unspecified atom stereocenters. The van der Waals surface area contributed by atoms with Gasteiger partial charge in [-0.1, -0.05) is 11.6 Å². The van der Waals surface area contributed by atoms with E-state index in [1.807, 2.05) is 0 Å². The molecule has 0 aliphatic rings. The van der Waals surface area contributed by atoms with Crippen molar-refractivity contribution in [2.24, 2.45) is 11.5 Å². The van der Waals surface area contributed by atoms with Crippen molar-refractivity contribution in [2.45, 2.75) is 6.04 Å². The first-order valence-corrected chi connectivity index (χ1v) is 5.93. The van der Waals surface area contributed by atoms with Crippen molar-refractivity contribution in [3.8, 4) is 0 Å². The summed E-state index contributed by atoms with van der Waals surface area (Å²) in [5, 5.41) is 3.65. The van der Waals surface area contributed by atoms with Gasteiger partial charge in [0, 0.05) is 12.7 Å². The number of anilines is 1. The zero-order chi connectivity index (χ0) is 15.3. The highest BCUT2D eigenvalue weighted by atomic mass is 35.5. The first kappa shape index (κ1) is 16.1. The van der Waals surface area contributed by atoms with E-state index in [9.17, 15) is 4.39 Å². The van der Waals surface area contributed by atoms with Crippen molar-refractivity contribution in [1.82, 2.24) is 9.78 Å². The number of nitrogen functional groups attached to an aromatic ring is 1. The van der Waals surface area contributed by atoms with Crippen LogP contribution in [0.3, 0.4) is 0 Å². The fourth-order valence-electron chi connectivity index (χ4n) is 1.61. The quantitative estimate of drug-likeness (QED) is 0.404. The van der Waals surface area contributed by atoms with Crippen LogP contribution >= 0.6 is 11.6 Å². The lowest BCUT2D eigenvalue weighted by molar-refractivity contribution is 0.159. The van der Waals surface area contributed by atoms with Gasteiger partial charge in [0.15, 0.2) is 5.88 Å². The third-order valence-corrected chi connectivity index (χ3v) is 2.62. The number of halogens is 2. The summed E-state index contributed by atoms with van der Waals surface area (Å²) in [5.41, 5.74) is 16.9. The summed E-state index contributed by atoms with van der Waals surface area (Å²) in [6.07, 6.45) is 2.71. The van der Waals surface area contributed by atoms with Crippen LogP contribution in [-0.2, 0) is 9.47 Å². The van der Waals surface area contributed by atoms with Gasteiger partial charge < -0.3 is 26.7 Å². The molecule has 1 atom stereocenters. The maximum Gasteiger partial charge on any atom is 0.255 e. The van der Waals surface area contributed by atoms with Crippen LogP contribution < -0.4 is 17.2 Å². The fraction of sp³-hybridized carbons (Fsp3) is 0.364. The SMILES string of the molecule is COCC(C(/C=C(\N)Cl)=C(/N)OC)n1cc(N)c(F)n1. The Balaban J connectivity index is 3.32. The van der Waals surface area contributed by atoms with E-state index in [1.54, 1.807) is 0 Å². The van der Waals surface area contributed by atoms with E-state index >= 15 is 0 Å². The summed E-state index contributed by atoms with van der Waals surface area (Å²) >= 11 is 5.67. The van der Waals surface area contributed by atoms with Crippen molar-refractivity contribution in [2.75, 3.05) is 26.6 Å². The van der Waals surface area contributed by atoms with Gasteiger partial charge in [0.25, 0.3) is 5.95 Å². The lowest BCUT2D eigenvalue weighted by Gasteiger charge is -2.19. The van der Waals surface area contributed by atoms with Gasteiger partial charge in [0.2, 0.25) is 0 Å². The number of nitrogens with zero attached hydrogens (tertiary/aromatic N) is 2. The zero-order valence-electron chi connectivity index (χ0n) is 11.1. The molecule has 0 aliphatic heterocycles. The van der Waals surface area contributed by atoms with Gasteiger partial charge in [0.1, 0.15) is 11.7 Å². The van der Waals surface area contributed by atoms with Crippen molar-refractivity contribution < 1.29 is 13.9 Å². The third-order valence-electron chi connectivity index (χ3n) is 2.51. The summed E-state index contributed by atoms with van der Waals surface area (Å²) in [6.45, 7) is 0.140. The number of ether oxygens (including phenoxy) is 2. The number of hydrogen-bond acceptors (Lipinski definition) is 6. The van der Waals surface area contributed by atoms with Gasteiger partial charge in [-0.05, 0) is 6.08 Å². The second-order valence-corrected chi connectivity index (χ2v) is 4.32. The molecular weight excluding hydrogens is 289 g/mol. The van der Waals surface area contributed by atoms with E-state index in [0.717, 1.165) is 0 Å². The minimum Gasteiger partial charge on any atom is -0.482 e. The molecule has 1 rings (SSSR count). The summed E-state index contributed by atoms with van der Waals surface area (Å²) in [6, 6.07) is -0.593. The first-order valence-electron chi connectivity index (χ1n) is 5.56. The maximum absolute atomic E-state index is 13.3. The van der Waals surface area contributed by atoms with Gasteiger partial charge in [-0.3, -0.25) is 4.68 Å². The lowest BCUT2D eigenvalue weighted by atomic mass is 10.1. The normalized spacial score (nSPS) is 14.9. The molecule has 20 heavy (non-hydrogen) atoms. The van der Waals surface area contributed by atoms with Crippen molar-refractivity contribution in [1.29, 1.82) is 0 Å². The average molecular weight is 306 g/mol. The Labute approximate surface area is 120 Å². The van der Waals surface area contributed by atoms with E-state index in [-0.39, 0.29) is 23.3 Å². The predicted octanol–water partition coefficient (Wildman–Crippen LogP) is 0.647. The molecule has 112 valence electrons. The highest BCUT2D eigenvalue weighted by Gasteiger charge is 2.22. The summed E-state index contributed by atoms with van der Waals surface area (Å²) in [5.74, 6) is -0.727. The first-order chi connectivity index (χ1) is 9.40. The van der Waals surface area contributed by atoms with Crippen molar-refractivity contribution in [3.05, 3.63) is 34.8 Å². The molecule has 0 bridgehead atoms. The van der Waals surface area contributed by atoms with Crippen LogP contribution in [-0.4, -0.2) is 30.6 Å². The monoisotopic (exact) mass is 305 g/mol. The summed E-state index contributed by atoms with van der Waals surface area (Å²) < 4.78 is 24.6. The maximum atomic E-state index is 13.3. The van der Waals surface area contributed by atoms with E-state index in [4.69, 9.17) is 38.3 Å². The molecule has 0 saturated carbocycles. The number of allylic oxidation sites excluding steroid dienone is 1. The van der Waals surface area contributed by atoms with Crippen LogP contribution in [0.25, 0.3) is 0 Å². The largest absolute Gasteiger partial charge is 0.482 e.